The Kier molecular flexibility index (Phi) is 4.82. The van der Waals surface area contributed by atoms with Crippen molar-refractivity contribution in [2.45, 2.75) is 13.8 Å². The fraction of sp³-hybridized carbons (Fsp3) is 0.273. The van der Waals surface area contributed by atoms with E-state index >= 15 is 0 Å². The second-order valence-corrected chi connectivity index (χ2v) is 7.35. The van der Waals surface area contributed by atoms with Crippen LogP contribution in [0.1, 0.15) is 32.0 Å². The third-order valence-corrected chi connectivity index (χ3v) is 5.58. The Balaban J connectivity index is 1.45. The molecule has 2 aromatic carbocycles. The van der Waals surface area contributed by atoms with Gasteiger partial charge in [0.15, 0.2) is 11.6 Å². The topological polar surface area (TPSA) is 56.4 Å². The number of rotatable bonds is 2. The Labute approximate surface area is 166 Å². The van der Waals surface area contributed by atoms with Crippen molar-refractivity contribution in [2.75, 3.05) is 26.2 Å². The summed E-state index contributed by atoms with van der Waals surface area (Å²) >= 11 is 0. The van der Waals surface area contributed by atoms with E-state index in [0.29, 0.717) is 31.7 Å². The standard InChI is InChI=1S/C22H21F2N3O2/c1-13-14(2)25-20-6-4-15(11-17(13)20)21(28)26-7-9-27(10-8-26)22(29)16-3-5-18(23)19(24)12-16/h3-6,11-12,25H,7-10H2,1-2H3. The molecule has 1 fully saturated rings. The number of hydrogen-bond acceptors (Lipinski definition) is 2. The normalized spacial score (nSPS) is 14.5. The molecule has 7 heteroatoms. The third kappa shape index (κ3) is 3.48. The van der Waals surface area contributed by atoms with Gasteiger partial charge in [-0.15, -0.1) is 0 Å². The van der Waals surface area contributed by atoms with Crippen molar-refractivity contribution in [2.24, 2.45) is 0 Å². The molecule has 0 bridgehead atoms. The fourth-order valence-electron chi connectivity index (χ4n) is 3.70. The number of halogens is 2. The lowest BCUT2D eigenvalue weighted by Gasteiger charge is -2.35. The highest BCUT2D eigenvalue weighted by molar-refractivity contribution is 5.99. The minimum absolute atomic E-state index is 0.0786. The third-order valence-electron chi connectivity index (χ3n) is 5.58. The number of nitrogens with zero attached hydrogens (tertiary/aromatic N) is 2. The molecule has 1 saturated heterocycles. The maximum absolute atomic E-state index is 13.4. The van der Waals surface area contributed by atoms with Gasteiger partial charge in [0.2, 0.25) is 0 Å². The van der Waals surface area contributed by atoms with Crippen LogP contribution in [0.5, 0.6) is 0 Å². The number of nitrogens with one attached hydrogen (secondary N) is 1. The van der Waals surface area contributed by atoms with Crippen molar-refractivity contribution in [3.05, 3.63) is 70.4 Å². The van der Waals surface area contributed by atoms with Crippen molar-refractivity contribution >= 4 is 22.7 Å². The SMILES string of the molecule is Cc1[nH]c2ccc(C(=O)N3CCN(C(=O)c4ccc(F)c(F)c4)CC3)cc2c1C. The number of aryl methyl sites for hydroxylation is 2. The summed E-state index contributed by atoms with van der Waals surface area (Å²) in [5.74, 6) is -2.47. The van der Waals surface area contributed by atoms with E-state index in [4.69, 9.17) is 0 Å². The van der Waals surface area contributed by atoms with E-state index in [1.807, 2.05) is 26.0 Å². The molecule has 0 spiro atoms. The van der Waals surface area contributed by atoms with Crippen LogP contribution in [0.2, 0.25) is 0 Å². The van der Waals surface area contributed by atoms with Crippen LogP contribution in [0.3, 0.4) is 0 Å². The van der Waals surface area contributed by atoms with E-state index in [0.717, 1.165) is 34.3 Å². The van der Waals surface area contributed by atoms with Crippen LogP contribution in [0, 0.1) is 25.5 Å². The summed E-state index contributed by atoms with van der Waals surface area (Å²) in [5.41, 5.74) is 3.91. The monoisotopic (exact) mass is 397 g/mol. The second-order valence-electron chi connectivity index (χ2n) is 7.35. The molecule has 0 saturated carbocycles. The number of aromatic nitrogens is 1. The largest absolute Gasteiger partial charge is 0.358 e. The summed E-state index contributed by atoms with van der Waals surface area (Å²) in [6.45, 7) is 5.47. The Hall–Kier alpha value is -3.22. The van der Waals surface area contributed by atoms with Gasteiger partial charge in [0.05, 0.1) is 0 Å². The average Bonchev–Trinajstić information content (AvgIpc) is 3.02. The number of hydrogen-bond donors (Lipinski definition) is 1. The zero-order valence-corrected chi connectivity index (χ0v) is 16.3. The Morgan fingerprint density at radius 1 is 0.828 bits per heavy atom. The first-order valence-corrected chi connectivity index (χ1v) is 9.47. The summed E-state index contributed by atoms with van der Waals surface area (Å²) < 4.78 is 26.5. The molecule has 4 rings (SSSR count). The smallest absolute Gasteiger partial charge is 0.254 e. The van der Waals surface area contributed by atoms with Gasteiger partial charge < -0.3 is 14.8 Å². The van der Waals surface area contributed by atoms with Gasteiger partial charge in [-0.05, 0) is 55.8 Å². The van der Waals surface area contributed by atoms with Crippen molar-refractivity contribution < 1.29 is 18.4 Å². The lowest BCUT2D eigenvalue weighted by Crippen LogP contribution is -2.50. The van der Waals surface area contributed by atoms with E-state index in [2.05, 4.69) is 4.98 Å². The number of fused-ring (bicyclic) bond motifs is 1. The highest BCUT2D eigenvalue weighted by atomic mass is 19.2. The molecule has 0 radical (unpaired) electrons. The average molecular weight is 397 g/mol. The van der Waals surface area contributed by atoms with Crippen LogP contribution in [0.15, 0.2) is 36.4 Å². The van der Waals surface area contributed by atoms with E-state index < -0.39 is 11.6 Å². The zero-order chi connectivity index (χ0) is 20.7. The number of piperazine rings is 1. The number of carbonyl (C=O) groups is 2. The van der Waals surface area contributed by atoms with E-state index in [9.17, 15) is 18.4 Å². The van der Waals surface area contributed by atoms with Crippen LogP contribution in [0.4, 0.5) is 8.78 Å². The summed E-state index contributed by atoms with van der Waals surface area (Å²) in [7, 11) is 0. The Bertz CT molecular complexity index is 1110. The first-order chi connectivity index (χ1) is 13.8. The first kappa shape index (κ1) is 19.1. The zero-order valence-electron chi connectivity index (χ0n) is 16.3. The predicted molar refractivity (Wildman–Crippen MR) is 106 cm³/mol. The molecular formula is C22H21F2N3O2. The van der Waals surface area contributed by atoms with Crippen molar-refractivity contribution in [1.29, 1.82) is 0 Å². The second kappa shape index (κ2) is 7.31. The van der Waals surface area contributed by atoms with Crippen LogP contribution in [0.25, 0.3) is 10.9 Å². The molecule has 2 heterocycles. The summed E-state index contributed by atoms with van der Waals surface area (Å²) in [6, 6.07) is 8.74. The summed E-state index contributed by atoms with van der Waals surface area (Å²) in [5, 5.41) is 1.03. The molecule has 1 aliphatic heterocycles. The minimum Gasteiger partial charge on any atom is -0.358 e. The number of benzene rings is 2. The van der Waals surface area contributed by atoms with Gasteiger partial charge in [-0.25, -0.2) is 8.78 Å². The Morgan fingerprint density at radius 2 is 1.38 bits per heavy atom. The molecule has 0 atom stereocenters. The first-order valence-electron chi connectivity index (χ1n) is 9.47. The molecule has 150 valence electrons. The maximum Gasteiger partial charge on any atom is 0.254 e. The maximum atomic E-state index is 13.4. The van der Waals surface area contributed by atoms with Gasteiger partial charge >= 0.3 is 0 Å². The van der Waals surface area contributed by atoms with Gasteiger partial charge in [0, 0.05) is 53.9 Å². The van der Waals surface area contributed by atoms with Gasteiger partial charge in [0.25, 0.3) is 11.8 Å². The lowest BCUT2D eigenvalue weighted by atomic mass is 10.1. The van der Waals surface area contributed by atoms with E-state index in [-0.39, 0.29) is 17.4 Å². The molecule has 1 N–H and O–H groups in total. The molecule has 29 heavy (non-hydrogen) atoms. The van der Waals surface area contributed by atoms with Crippen LogP contribution < -0.4 is 0 Å². The molecule has 2 amide bonds. The highest BCUT2D eigenvalue weighted by Crippen LogP contribution is 2.23. The number of H-pyrrole nitrogens is 1. The molecule has 0 unspecified atom stereocenters. The van der Waals surface area contributed by atoms with Crippen LogP contribution in [-0.4, -0.2) is 52.8 Å². The van der Waals surface area contributed by atoms with Crippen LogP contribution in [-0.2, 0) is 0 Å². The molecule has 3 aromatic rings. The van der Waals surface area contributed by atoms with E-state index in [1.54, 1.807) is 15.9 Å². The summed E-state index contributed by atoms with van der Waals surface area (Å²) in [4.78, 5) is 32.0. The highest BCUT2D eigenvalue weighted by Gasteiger charge is 2.26. The minimum atomic E-state index is -1.05. The Morgan fingerprint density at radius 3 is 1.97 bits per heavy atom. The van der Waals surface area contributed by atoms with Crippen molar-refractivity contribution in [1.82, 2.24) is 14.8 Å². The summed E-state index contributed by atoms with van der Waals surface area (Å²) in [6.07, 6.45) is 0. The molecular weight excluding hydrogens is 376 g/mol. The quantitative estimate of drug-likeness (QED) is 0.718. The van der Waals surface area contributed by atoms with Gasteiger partial charge in [0.1, 0.15) is 0 Å². The van der Waals surface area contributed by atoms with Crippen molar-refractivity contribution in [3.63, 3.8) is 0 Å². The van der Waals surface area contributed by atoms with Gasteiger partial charge in [-0.1, -0.05) is 0 Å². The fourth-order valence-corrected chi connectivity index (χ4v) is 3.70. The van der Waals surface area contributed by atoms with Crippen molar-refractivity contribution in [3.8, 4) is 0 Å². The van der Waals surface area contributed by atoms with E-state index in [1.165, 1.54) is 6.07 Å². The molecule has 0 aliphatic carbocycles. The lowest BCUT2D eigenvalue weighted by molar-refractivity contribution is 0.0535. The van der Waals surface area contributed by atoms with Gasteiger partial charge in [-0.2, -0.15) is 0 Å². The molecule has 1 aliphatic rings. The number of amides is 2. The molecule has 5 nitrogen and oxygen atoms in total. The molecule has 1 aromatic heterocycles. The van der Waals surface area contributed by atoms with Gasteiger partial charge in [-0.3, -0.25) is 9.59 Å². The predicted octanol–water partition coefficient (Wildman–Crippen LogP) is 3.66. The number of aromatic amines is 1. The van der Waals surface area contributed by atoms with Crippen LogP contribution >= 0.6 is 0 Å². The number of carbonyl (C=O) groups excluding carboxylic acids is 2.